The van der Waals surface area contributed by atoms with Crippen LogP contribution >= 0.6 is 0 Å². The summed E-state index contributed by atoms with van der Waals surface area (Å²) in [5.41, 5.74) is 6.20. The van der Waals surface area contributed by atoms with Gasteiger partial charge < -0.3 is 20.7 Å². The molecule has 1 saturated heterocycles. The van der Waals surface area contributed by atoms with Gasteiger partial charge in [0.15, 0.2) is 0 Å². The number of hydrogen-bond donors (Lipinski definition) is 2. The van der Waals surface area contributed by atoms with Crippen LogP contribution in [-0.2, 0) is 0 Å². The smallest absolute Gasteiger partial charge is 0.239 e. The third-order valence-corrected chi connectivity index (χ3v) is 3.27. The number of aromatic nitrogens is 1. The van der Waals surface area contributed by atoms with Crippen molar-refractivity contribution in [3.05, 3.63) is 12.1 Å². The summed E-state index contributed by atoms with van der Waals surface area (Å²) in [6.07, 6.45) is 2.39. The van der Waals surface area contributed by atoms with Gasteiger partial charge in [0.05, 0.1) is 5.69 Å². The molecule has 0 aliphatic carbocycles. The molecule has 0 radical (unpaired) electrons. The number of piperidine rings is 1. The molecule has 1 aliphatic rings. The number of nitrogens with one attached hydrogen (secondary N) is 1. The number of likely N-dealkylation sites (tertiary alicyclic amines) is 1. The summed E-state index contributed by atoms with van der Waals surface area (Å²) >= 11 is 0. The van der Waals surface area contributed by atoms with Crippen LogP contribution in [0.15, 0.2) is 12.1 Å². The SMILES string of the molecule is CN1CCCC(Nc2ccc(N)c(OC(C)(C)C)n2)C1. The number of nitrogens with two attached hydrogens (primary N) is 1. The predicted octanol–water partition coefficient (Wildman–Crippen LogP) is 2.35. The van der Waals surface area contributed by atoms with Gasteiger partial charge in [-0.25, -0.2) is 0 Å². The minimum Gasteiger partial charge on any atom is -0.470 e. The largest absolute Gasteiger partial charge is 0.470 e. The fourth-order valence-electron chi connectivity index (χ4n) is 2.40. The van der Waals surface area contributed by atoms with Crippen molar-refractivity contribution >= 4 is 11.5 Å². The van der Waals surface area contributed by atoms with Crippen LogP contribution < -0.4 is 15.8 Å². The first-order valence-corrected chi connectivity index (χ1v) is 7.24. The maximum Gasteiger partial charge on any atom is 0.239 e. The summed E-state index contributed by atoms with van der Waals surface area (Å²) in [7, 11) is 2.15. The topological polar surface area (TPSA) is 63.4 Å². The van der Waals surface area contributed by atoms with Crippen LogP contribution in [0.5, 0.6) is 5.88 Å². The molecule has 0 bridgehead atoms. The Labute approximate surface area is 121 Å². The van der Waals surface area contributed by atoms with E-state index in [1.807, 2.05) is 32.9 Å². The number of pyridine rings is 1. The number of anilines is 2. The molecule has 3 N–H and O–H groups in total. The van der Waals surface area contributed by atoms with Crippen LogP contribution in [0.2, 0.25) is 0 Å². The second kappa shape index (κ2) is 5.87. The van der Waals surface area contributed by atoms with Crippen molar-refractivity contribution in [1.29, 1.82) is 0 Å². The lowest BCUT2D eigenvalue weighted by molar-refractivity contribution is 0.125. The van der Waals surface area contributed by atoms with Gasteiger partial charge in [-0.2, -0.15) is 4.98 Å². The molecule has 2 heterocycles. The summed E-state index contributed by atoms with van der Waals surface area (Å²) in [4.78, 5) is 6.84. The molecule has 5 heteroatoms. The minimum absolute atomic E-state index is 0.301. The number of hydrogen-bond acceptors (Lipinski definition) is 5. The van der Waals surface area contributed by atoms with E-state index in [2.05, 4.69) is 22.2 Å². The van der Waals surface area contributed by atoms with Gasteiger partial charge in [-0.15, -0.1) is 0 Å². The molecule has 0 saturated carbocycles. The molecule has 112 valence electrons. The zero-order chi connectivity index (χ0) is 14.8. The van der Waals surface area contributed by atoms with Crippen molar-refractivity contribution < 1.29 is 4.74 Å². The first-order valence-electron chi connectivity index (χ1n) is 7.24. The molecule has 1 aliphatic heterocycles. The summed E-state index contributed by atoms with van der Waals surface area (Å²) < 4.78 is 5.80. The average Bonchev–Trinajstić information content (AvgIpc) is 2.32. The second-order valence-corrected chi connectivity index (χ2v) is 6.55. The Morgan fingerprint density at radius 2 is 2.15 bits per heavy atom. The number of ether oxygens (including phenoxy) is 1. The van der Waals surface area contributed by atoms with Gasteiger partial charge >= 0.3 is 0 Å². The number of nitrogens with zero attached hydrogens (tertiary/aromatic N) is 2. The highest BCUT2D eigenvalue weighted by atomic mass is 16.5. The summed E-state index contributed by atoms with van der Waals surface area (Å²) in [5, 5.41) is 3.48. The van der Waals surface area contributed by atoms with Gasteiger partial charge in [0.25, 0.3) is 0 Å². The highest BCUT2D eigenvalue weighted by molar-refractivity contribution is 5.54. The van der Waals surface area contributed by atoms with Crippen LogP contribution in [0.3, 0.4) is 0 Å². The molecule has 2 rings (SSSR count). The molecule has 1 atom stereocenters. The predicted molar refractivity (Wildman–Crippen MR) is 83.2 cm³/mol. The molecule has 1 aromatic rings. The number of nitrogen functional groups attached to an aromatic ring is 1. The van der Waals surface area contributed by atoms with E-state index in [1.165, 1.54) is 19.4 Å². The normalized spacial score (nSPS) is 20.7. The number of likely N-dealkylation sites (N-methyl/N-ethyl adjacent to an activating group) is 1. The third-order valence-electron chi connectivity index (χ3n) is 3.27. The van der Waals surface area contributed by atoms with E-state index < -0.39 is 0 Å². The Morgan fingerprint density at radius 3 is 2.80 bits per heavy atom. The van der Waals surface area contributed by atoms with Crippen LogP contribution in [-0.4, -0.2) is 41.7 Å². The van der Waals surface area contributed by atoms with Crippen LogP contribution in [0.25, 0.3) is 0 Å². The second-order valence-electron chi connectivity index (χ2n) is 6.55. The maximum absolute atomic E-state index is 5.93. The lowest BCUT2D eigenvalue weighted by Crippen LogP contribution is -2.39. The molecule has 1 fully saturated rings. The van der Waals surface area contributed by atoms with E-state index in [4.69, 9.17) is 10.5 Å². The average molecular weight is 278 g/mol. The van der Waals surface area contributed by atoms with E-state index in [0.29, 0.717) is 17.6 Å². The van der Waals surface area contributed by atoms with Gasteiger partial charge in [0.1, 0.15) is 11.4 Å². The van der Waals surface area contributed by atoms with E-state index >= 15 is 0 Å². The Balaban J connectivity index is 2.07. The monoisotopic (exact) mass is 278 g/mol. The van der Waals surface area contributed by atoms with Gasteiger partial charge in [-0.1, -0.05) is 0 Å². The first-order chi connectivity index (χ1) is 9.33. The van der Waals surface area contributed by atoms with E-state index in [9.17, 15) is 0 Å². The Bertz CT molecular complexity index is 456. The third kappa shape index (κ3) is 4.27. The van der Waals surface area contributed by atoms with Crippen molar-refractivity contribution in [2.45, 2.75) is 45.3 Å². The van der Waals surface area contributed by atoms with Crippen molar-refractivity contribution in [1.82, 2.24) is 9.88 Å². The quantitative estimate of drug-likeness (QED) is 0.888. The van der Waals surface area contributed by atoms with Gasteiger partial charge in [0, 0.05) is 12.6 Å². The molecule has 0 amide bonds. The molecule has 0 aromatic carbocycles. The standard InChI is InChI=1S/C15H26N4O/c1-15(2,3)20-14-12(16)7-8-13(18-14)17-11-6-5-9-19(4)10-11/h7-8,11H,5-6,9-10,16H2,1-4H3,(H,17,18). The van der Waals surface area contributed by atoms with Crippen molar-refractivity contribution in [3.63, 3.8) is 0 Å². The lowest BCUT2D eigenvalue weighted by Gasteiger charge is -2.30. The van der Waals surface area contributed by atoms with Gasteiger partial charge in [0.2, 0.25) is 5.88 Å². The summed E-state index contributed by atoms with van der Waals surface area (Å²) in [6, 6.07) is 4.20. The molecule has 5 nitrogen and oxygen atoms in total. The maximum atomic E-state index is 5.93. The fraction of sp³-hybridized carbons (Fsp3) is 0.667. The molecule has 20 heavy (non-hydrogen) atoms. The lowest BCUT2D eigenvalue weighted by atomic mass is 10.1. The molecule has 1 unspecified atom stereocenters. The van der Waals surface area contributed by atoms with Crippen LogP contribution in [0.1, 0.15) is 33.6 Å². The highest BCUT2D eigenvalue weighted by Crippen LogP contribution is 2.25. The van der Waals surface area contributed by atoms with E-state index in [-0.39, 0.29) is 5.60 Å². The molecular formula is C15H26N4O. The Kier molecular flexibility index (Phi) is 4.38. The van der Waals surface area contributed by atoms with Gasteiger partial charge in [-0.3, -0.25) is 0 Å². The van der Waals surface area contributed by atoms with Crippen LogP contribution in [0.4, 0.5) is 11.5 Å². The Morgan fingerprint density at radius 1 is 1.40 bits per heavy atom. The summed E-state index contributed by atoms with van der Waals surface area (Å²) in [6.45, 7) is 8.19. The van der Waals surface area contributed by atoms with E-state index in [1.54, 1.807) is 0 Å². The zero-order valence-corrected chi connectivity index (χ0v) is 12.9. The van der Waals surface area contributed by atoms with Gasteiger partial charge in [-0.05, 0) is 59.3 Å². The van der Waals surface area contributed by atoms with Crippen molar-refractivity contribution in [3.8, 4) is 5.88 Å². The van der Waals surface area contributed by atoms with E-state index in [0.717, 1.165) is 12.4 Å². The Hall–Kier alpha value is -1.49. The van der Waals surface area contributed by atoms with Crippen molar-refractivity contribution in [2.24, 2.45) is 0 Å². The molecular weight excluding hydrogens is 252 g/mol. The van der Waals surface area contributed by atoms with Crippen molar-refractivity contribution in [2.75, 3.05) is 31.2 Å². The molecule has 0 spiro atoms. The number of rotatable bonds is 3. The molecule has 1 aromatic heterocycles. The highest BCUT2D eigenvalue weighted by Gasteiger charge is 2.19. The van der Waals surface area contributed by atoms with Crippen LogP contribution in [0, 0.1) is 0 Å². The zero-order valence-electron chi connectivity index (χ0n) is 12.9. The minimum atomic E-state index is -0.301. The summed E-state index contributed by atoms with van der Waals surface area (Å²) in [5.74, 6) is 1.34. The first kappa shape index (κ1) is 14.9. The fourth-order valence-corrected chi connectivity index (χ4v) is 2.40.